The third-order valence-electron chi connectivity index (χ3n) is 7.01. The van der Waals surface area contributed by atoms with Crippen molar-refractivity contribution in [1.29, 1.82) is 0 Å². The number of amides is 1. The highest BCUT2D eigenvalue weighted by Gasteiger charge is 2.53. The topological polar surface area (TPSA) is 142 Å². The Bertz CT molecular complexity index is 1580. The van der Waals surface area contributed by atoms with Crippen molar-refractivity contribution in [2.45, 2.75) is 31.5 Å². The van der Waals surface area contributed by atoms with Gasteiger partial charge in [0.2, 0.25) is 12.0 Å². The van der Waals surface area contributed by atoms with Crippen LogP contribution in [0, 0.1) is 13.8 Å². The van der Waals surface area contributed by atoms with Gasteiger partial charge < -0.3 is 14.9 Å². The van der Waals surface area contributed by atoms with Gasteiger partial charge in [-0.2, -0.15) is 0 Å². The van der Waals surface area contributed by atoms with Crippen LogP contribution in [0.2, 0.25) is 0 Å². The van der Waals surface area contributed by atoms with Gasteiger partial charge in [0, 0.05) is 17.0 Å². The molecule has 41 heavy (non-hydrogen) atoms. The van der Waals surface area contributed by atoms with E-state index in [9.17, 15) is 24.6 Å². The Kier molecular flexibility index (Phi) is 7.50. The van der Waals surface area contributed by atoms with Crippen molar-refractivity contribution in [1.82, 2.24) is 15.3 Å². The van der Waals surface area contributed by atoms with E-state index in [0.717, 1.165) is 0 Å². The summed E-state index contributed by atoms with van der Waals surface area (Å²) >= 11 is 0. The molecule has 4 aromatic rings. The number of carboxylic acid groups (broad SMARTS) is 2. The van der Waals surface area contributed by atoms with Crippen molar-refractivity contribution in [2.24, 2.45) is 0 Å². The maximum atomic E-state index is 13.8. The molecule has 1 amide bonds. The number of ether oxygens (including phenoxy) is 1. The summed E-state index contributed by atoms with van der Waals surface area (Å²) in [4.78, 5) is 49.4. The van der Waals surface area contributed by atoms with Crippen LogP contribution in [0.25, 0.3) is 0 Å². The van der Waals surface area contributed by atoms with Crippen molar-refractivity contribution in [2.75, 3.05) is 11.4 Å². The molecule has 1 aromatic heterocycles. The van der Waals surface area contributed by atoms with E-state index < -0.39 is 35.5 Å². The maximum absolute atomic E-state index is 13.8. The van der Waals surface area contributed by atoms with E-state index in [2.05, 4.69) is 15.3 Å². The third-order valence-corrected chi connectivity index (χ3v) is 7.01. The van der Waals surface area contributed by atoms with E-state index in [-0.39, 0.29) is 18.2 Å². The zero-order chi connectivity index (χ0) is 29.1. The first-order chi connectivity index (χ1) is 19.7. The molecule has 0 saturated carbocycles. The summed E-state index contributed by atoms with van der Waals surface area (Å²) in [6, 6.07) is 24.1. The van der Waals surface area contributed by atoms with Crippen LogP contribution in [0.1, 0.15) is 34.1 Å². The Hall–Kier alpha value is -5.09. The molecule has 1 unspecified atom stereocenters. The third kappa shape index (κ3) is 5.12. The van der Waals surface area contributed by atoms with Gasteiger partial charge in [-0.15, -0.1) is 0 Å². The standard InChI is InChI=1S/C31H28N4O6/c1-19-17-20(2)34-30(33-19)41-27(29(39)40)31(22-13-7-4-8-14-22)23-15-9-10-16-24(23)35(25(36)18-32-31)26(28(37)38)21-11-5-3-6-12-21/h3-17,26-27,32H,18H2,1-2H3,(H,37,38)(H,39,40)/t26?,27-,31+/m1/s1. The van der Waals surface area contributed by atoms with E-state index in [1.54, 1.807) is 105 Å². The number of nitrogens with zero attached hydrogens (tertiary/aromatic N) is 3. The van der Waals surface area contributed by atoms with Gasteiger partial charge in [0.05, 0.1) is 12.2 Å². The first-order valence-electron chi connectivity index (χ1n) is 12.9. The normalized spacial score (nSPS) is 18.1. The SMILES string of the molecule is Cc1cc(C)nc(O[C@H](C(=O)O)[C@@]2(c3ccccc3)NCC(=O)N(C(C(=O)O)c3ccccc3)c3ccccc32)n1. The van der Waals surface area contributed by atoms with E-state index in [1.165, 1.54) is 4.90 Å². The first-order valence-corrected chi connectivity index (χ1v) is 12.9. The van der Waals surface area contributed by atoms with Crippen molar-refractivity contribution in [3.05, 3.63) is 119 Å². The van der Waals surface area contributed by atoms with E-state index in [4.69, 9.17) is 4.74 Å². The average Bonchev–Trinajstić information content (AvgIpc) is 3.07. The van der Waals surface area contributed by atoms with Crippen LogP contribution < -0.4 is 15.0 Å². The van der Waals surface area contributed by atoms with Gasteiger partial charge in [-0.3, -0.25) is 15.0 Å². The number of aryl methyl sites for hydroxylation is 2. The summed E-state index contributed by atoms with van der Waals surface area (Å²) in [5.41, 5.74) is 0.987. The van der Waals surface area contributed by atoms with Gasteiger partial charge in [-0.05, 0) is 37.1 Å². The maximum Gasteiger partial charge on any atom is 0.347 e. The zero-order valence-electron chi connectivity index (χ0n) is 22.4. The minimum absolute atomic E-state index is 0.135. The average molecular weight is 553 g/mol. The van der Waals surface area contributed by atoms with Gasteiger partial charge >= 0.3 is 17.9 Å². The van der Waals surface area contributed by atoms with Crippen molar-refractivity contribution < 1.29 is 29.3 Å². The van der Waals surface area contributed by atoms with E-state index >= 15 is 0 Å². The summed E-state index contributed by atoms with van der Waals surface area (Å²) in [5, 5.41) is 24.2. The number of fused-ring (bicyclic) bond motifs is 1. The summed E-state index contributed by atoms with van der Waals surface area (Å²) in [6.07, 6.45) is -1.67. The number of carbonyl (C=O) groups excluding carboxylic acids is 1. The lowest BCUT2D eigenvalue weighted by atomic mass is 9.77. The second-order valence-corrected chi connectivity index (χ2v) is 9.73. The number of carbonyl (C=O) groups is 3. The molecule has 0 aliphatic carbocycles. The minimum atomic E-state index is -1.67. The van der Waals surface area contributed by atoms with Crippen LogP contribution >= 0.6 is 0 Å². The molecule has 0 spiro atoms. The molecule has 3 aromatic carbocycles. The summed E-state index contributed by atoms with van der Waals surface area (Å²) < 4.78 is 6.08. The Morgan fingerprint density at radius 3 is 2.07 bits per heavy atom. The van der Waals surface area contributed by atoms with Crippen molar-refractivity contribution in [3.63, 3.8) is 0 Å². The predicted molar refractivity (Wildman–Crippen MR) is 150 cm³/mol. The number of para-hydroxylation sites is 1. The molecular weight excluding hydrogens is 524 g/mol. The van der Waals surface area contributed by atoms with Crippen LogP contribution in [-0.4, -0.2) is 50.7 Å². The summed E-state index contributed by atoms with van der Waals surface area (Å²) in [6.45, 7) is 3.10. The summed E-state index contributed by atoms with van der Waals surface area (Å²) in [5.74, 6) is -3.13. The first kappa shape index (κ1) is 27.5. The second-order valence-electron chi connectivity index (χ2n) is 9.73. The van der Waals surface area contributed by atoms with Crippen molar-refractivity contribution >= 4 is 23.5 Å². The number of anilines is 1. The Morgan fingerprint density at radius 2 is 1.46 bits per heavy atom. The molecule has 1 aliphatic heterocycles. The number of carboxylic acids is 2. The molecule has 208 valence electrons. The van der Waals surface area contributed by atoms with Crippen molar-refractivity contribution in [3.8, 4) is 6.01 Å². The van der Waals surface area contributed by atoms with Crippen LogP contribution in [0.4, 0.5) is 5.69 Å². The molecule has 10 heteroatoms. The number of aromatic nitrogens is 2. The predicted octanol–water partition coefficient (Wildman–Crippen LogP) is 3.63. The van der Waals surface area contributed by atoms with Gasteiger partial charge in [-0.25, -0.2) is 19.6 Å². The Morgan fingerprint density at radius 1 is 0.878 bits per heavy atom. The second kappa shape index (κ2) is 11.2. The van der Waals surface area contributed by atoms with Gasteiger partial charge in [0.1, 0.15) is 5.54 Å². The molecule has 1 aliphatic rings. The number of aliphatic carboxylic acids is 2. The fraction of sp³-hybridized carbons (Fsp3) is 0.194. The van der Waals surface area contributed by atoms with E-state index in [1.807, 2.05) is 0 Å². The number of nitrogens with one attached hydrogen (secondary N) is 1. The summed E-state index contributed by atoms with van der Waals surface area (Å²) in [7, 11) is 0. The molecule has 0 fully saturated rings. The Balaban J connectivity index is 1.78. The molecule has 0 bridgehead atoms. The van der Waals surface area contributed by atoms with Gasteiger partial charge in [0.25, 0.3) is 0 Å². The molecule has 3 atom stereocenters. The van der Waals surface area contributed by atoms with Crippen LogP contribution in [0.15, 0.2) is 91.0 Å². The van der Waals surface area contributed by atoms with Gasteiger partial charge in [0.15, 0.2) is 6.04 Å². The van der Waals surface area contributed by atoms with Crippen LogP contribution in [0.3, 0.4) is 0 Å². The minimum Gasteiger partial charge on any atom is -0.479 e. The highest BCUT2D eigenvalue weighted by atomic mass is 16.5. The zero-order valence-corrected chi connectivity index (χ0v) is 22.4. The van der Waals surface area contributed by atoms with Crippen LogP contribution in [0.5, 0.6) is 6.01 Å². The number of hydrogen-bond acceptors (Lipinski definition) is 7. The lowest BCUT2D eigenvalue weighted by Gasteiger charge is -2.39. The number of hydrogen-bond donors (Lipinski definition) is 3. The molecule has 2 heterocycles. The highest BCUT2D eigenvalue weighted by Crippen LogP contribution is 2.44. The quantitative estimate of drug-likeness (QED) is 0.299. The fourth-order valence-corrected chi connectivity index (χ4v) is 5.39. The molecule has 5 rings (SSSR count). The molecule has 0 saturated heterocycles. The van der Waals surface area contributed by atoms with Crippen LogP contribution in [-0.2, 0) is 19.9 Å². The highest BCUT2D eigenvalue weighted by molar-refractivity contribution is 6.02. The molecular formula is C31H28N4O6. The smallest absolute Gasteiger partial charge is 0.347 e. The fourth-order valence-electron chi connectivity index (χ4n) is 5.39. The monoisotopic (exact) mass is 552 g/mol. The lowest BCUT2D eigenvalue weighted by Crippen LogP contribution is -2.58. The number of rotatable bonds is 8. The largest absolute Gasteiger partial charge is 0.479 e. The molecule has 0 radical (unpaired) electrons. The van der Waals surface area contributed by atoms with E-state index in [0.29, 0.717) is 28.1 Å². The molecule has 3 N–H and O–H groups in total. The lowest BCUT2D eigenvalue weighted by molar-refractivity contribution is -0.149. The molecule has 10 nitrogen and oxygen atoms in total. The Labute approximate surface area is 236 Å². The number of benzene rings is 3. The van der Waals surface area contributed by atoms with Gasteiger partial charge in [-0.1, -0.05) is 78.9 Å².